The summed E-state index contributed by atoms with van der Waals surface area (Å²) in [4.78, 5) is 9.64. The highest BCUT2D eigenvalue weighted by Gasteiger charge is 2.11. The van der Waals surface area contributed by atoms with Gasteiger partial charge < -0.3 is 0 Å². The largest absolute Gasteiger partial charge is 0.255 e. The summed E-state index contributed by atoms with van der Waals surface area (Å²) in [5.41, 5.74) is 4.22. The minimum absolute atomic E-state index is 0.997. The Morgan fingerprint density at radius 3 is 2.46 bits per heavy atom. The number of pyridine rings is 2. The van der Waals surface area contributed by atoms with Crippen LogP contribution in [0.3, 0.4) is 0 Å². The molecular formula is C21H13N2P. The van der Waals surface area contributed by atoms with E-state index in [0.717, 1.165) is 27.7 Å². The van der Waals surface area contributed by atoms with Gasteiger partial charge in [-0.15, -0.1) is 0 Å². The molecule has 0 atom stereocenters. The second kappa shape index (κ2) is 5.36. The molecule has 0 saturated carbocycles. The highest BCUT2D eigenvalue weighted by Crippen LogP contribution is 2.37. The van der Waals surface area contributed by atoms with E-state index < -0.39 is 0 Å². The Morgan fingerprint density at radius 1 is 0.667 bits per heavy atom. The highest BCUT2D eigenvalue weighted by atomic mass is 31.0. The van der Waals surface area contributed by atoms with Gasteiger partial charge >= 0.3 is 0 Å². The van der Waals surface area contributed by atoms with Crippen LogP contribution in [0.2, 0.25) is 0 Å². The lowest BCUT2D eigenvalue weighted by Gasteiger charge is -2.10. The van der Waals surface area contributed by atoms with Crippen molar-refractivity contribution in [1.29, 1.82) is 0 Å². The van der Waals surface area contributed by atoms with E-state index >= 15 is 0 Å². The molecule has 0 saturated heterocycles. The van der Waals surface area contributed by atoms with Crippen LogP contribution in [0.1, 0.15) is 0 Å². The van der Waals surface area contributed by atoms with Gasteiger partial charge in [-0.3, -0.25) is 4.98 Å². The Hall–Kier alpha value is -2.83. The predicted molar refractivity (Wildman–Crippen MR) is 102 cm³/mol. The quantitative estimate of drug-likeness (QED) is 0.344. The van der Waals surface area contributed by atoms with Crippen molar-refractivity contribution in [2.24, 2.45) is 0 Å². The summed E-state index contributed by atoms with van der Waals surface area (Å²) in [7, 11) is 1.19. The second-order valence-electron chi connectivity index (χ2n) is 5.76. The number of benzene rings is 2. The van der Waals surface area contributed by atoms with E-state index in [1.807, 2.05) is 30.5 Å². The molecule has 5 aromatic rings. The maximum absolute atomic E-state index is 4.99. The molecule has 0 radical (unpaired) electrons. The maximum atomic E-state index is 4.99. The summed E-state index contributed by atoms with van der Waals surface area (Å²) >= 11 is 0. The molecule has 3 heteroatoms. The lowest BCUT2D eigenvalue weighted by atomic mass is 10.0. The van der Waals surface area contributed by atoms with Gasteiger partial charge in [-0.05, 0) is 35.4 Å². The number of hydrogen-bond acceptors (Lipinski definition) is 2. The molecule has 3 aromatic heterocycles. The van der Waals surface area contributed by atoms with Gasteiger partial charge in [-0.25, -0.2) is 4.98 Å². The van der Waals surface area contributed by atoms with Crippen LogP contribution < -0.4 is 0 Å². The van der Waals surface area contributed by atoms with Crippen molar-refractivity contribution in [3.05, 3.63) is 78.7 Å². The normalized spacial score (nSPS) is 11.7. The third-order valence-corrected chi connectivity index (χ3v) is 5.38. The molecule has 112 valence electrons. The second-order valence-corrected chi connectivity index (χ2v) is 6.76. The summed E-state index contributed by atoms with van der Waals surface area (Å²) in [6, 6.07) is 23.0. The minimum atomic E-state index is 0.997. The Bertz CT molecular complexity index is 1160. The molecule has 0 amide bonds. The van der Waals surface area contributed by atoms with Crippen LogP contribution in [0.15, 0.2) is 78.7 Å². The van der Waals surface area contributed by atoms with E-state index in [-0.39, 0.29) is 0 Å². The van der Waals surface area contributed by atoms with E-state index in [0.29, 0.717) is 0 Å². The summed E-state index contributed by atoms with van der Waals surface area (Å²) in [6.07, 6.45) is 1.86. The first-order chi connectivity index (χ1) is 11.9. The van der Waals surface area contributed by atoms with Gasteiger partial charge in [0.2, 0.25) is 0 Å². The monoisotopic (exact) mass is 324 g/mol. The average molecular weight is 324 g/mol. The SMILES string of the molecule is c1ccc(-c2ccc3c4cccpc4c4ncccc4c3n2)cc1. The van der Waals surface area contributed by atoms with Crippen LogP contribution in [0.5, 0.6) is 0 Å². The third kappa shape index (κ3) is 2.01. The van der Waals surface area contributed by atoms with Crippen LogP contribution >= 0.6 is 8.19 Å². The van der Waals surface area contributed by atoms with E-state index in [1.165, 1.54) is 24.1 Å². The van der Waals surface area contributed by atoms with Crippen molar-refractivity contribution in [1.82, 2.24) is 9.97 Å². The van der Waals surface area contributed by atoms with Crippen molar-refractivity contribution in [2.75, 3.05) is 0 Å². The van der Waals surface area contributed by atoms with Gasteiger partial charge in [0.25, 0.3) is 0 Å². The highest BCUT2D eigenvalue weighted by molar-refractivity contribution is 7.36. The molecule has 0 bridgehead atoms. The van der Waals surface area contributed by atoms with Crippen LogP contribution in [-0.4, -0.2) is 9.97 Å². The number of aromatic nitrogens is 2. The number of hydrogen-bond donors (Lipinski definition) is 0. The van der Waals surface area contributed by atoms with E-state index in [9.17, 15) is 0 Å². The van der Waals surface area contributed by atoms with Gasteiger partial charge in [0.05, 0.1) is 16.7 Å². The van der Waals surface area contributed by atoms with Gasteiger partial charge in [-0.2, -0.15) is 0 Å². The maximum Gasteiger partial charge on any atom is 0.0848 e. The molecule has 0 fully saturated rings. The van der Waals surface area contributed by atoms with Gasteiger partial charge in [0, 0.05) is 27.7 Å². The Labute approximate surface area is 140 Å². The standard InChI is InChI=1S/C21H13N2P/c1-2-6-14(7-3-1)18-11-10-15-16-9-5-13-24-21(16)20-17(19(15)23-18)8-4-12-22-20/h1-13H. The minimum Gasteiger partial charge on any atom is -0.255 e. The molecule has 0 spiro atoms. The first-order valence-corrected chi connectivity index (χ1v) is 8.86. The molecule has 0 aliphatic heterocycles. The van der Waals surface area contributed by atoms with Crippen LogP contribution in [0.25, 0.3) is 43.6 Å². The van der Waals surface area contributed by atoms with Gasteiger partial charge in [-0.1, -0.05) is 50.7 Å². The lowest BCUT2D eigenvalue weighted by molar-refractivity contribution is 1.40. The number of rotatable bonds is 1. The summed E-state index contributed by atoms with van der Waals surface area (Å²) < 4.78 is 0. The molecule has 0 aliphatic rings. The van der Waals surface area contributed by atoms with Crippen molar-refractivity contribution in [3.8, 4) is 11.3 Å². The van der Waals surface area contributed by atoms with E-state index in [2.05, 4.69) is 53.2 Å². The van der Waals surface area contributed by atoms with Gasteiger partial charge in [0.1, 0.15) is 0 Å². The zero-order valence-electron chi connectivity index (χ0n) is 12.8. The Balaban J connectivity index is 1.96. The lowest BCUT2D eigenvalue weighted by Crippen LogP contribution is -1.89. The molecule has 0 unspecified atom stereocenters. The Kier molecular flexibility index (Phi) is 3.04. The number of nitrogens with zero attached hydrogens (tertiary/aromatic N) is 2. The van der Waals surface area contributed by atoms with E-state index in [4.69, 9.17) is 4.98 Å². The summed E-state index contributed by atoms with van der Waals surface area (Å²) in [5, 5.41) is 4.84. The molecule has 3 heterocycles. The molecular weight excluding hydrogens is 311 g/mol. The zero-order valence-corrected chi connectivity index (χ0v) is 13.7. The van der Waals surface area contributed by atoms with Crippen LogP contribution in [-0.2, 0) is 0 Å². The first-order valence-electron chi connectivity index (χ1n) is 7.89. The average Bonchev–Trinajstić information content (AvgIpc) is 2.68. The molecule has 0 aliphatic carbocycles. The topological polar surface area (TPSA) is 25.8 Å². The van der Waals surface area contributed by atoms with Gasteiger partial charge in [0.15, 0.2) is 0 Å². The zero-order chi connectivity index (χ0) is 15.9. The first kappa shape index (κ1) is 13.6. The third-order valence-electron chi connectivity index (χ3n) is 4.35. The van der Waals surface area contributed by atoms with Crippen molar-refractivity contribution < 1.29 is 0 Å². The Morgan fingerprint density at radius 2 is 1.54 bits per heavy atom. The predicted octanol–water partition coefficient (Wildman–Crippen LogP) is 6.18. The van der Waals surface area contributed by atoms with Crippen LogP contribution in [0.4, 0.5) is 0 Å². The molecule has 24 heavy (non-hydrogen) atoms. The van der Waals surface area contributed by atoms with Crippen molar-refractivity contribution in [2.45, 2.75) is 0 Å². The molecule has 5 rings (SSSR count). The molecule has 0 N–H and O–H groups in total. The van der Waals surface area contributed by atoms with Crippen molar-refractivity contribution >= 4 is 40.5 Å². The summed E-state index contributed by atoms with van der Waals surface area (Å²) in [5.74, 6) is 2.16. The smallest absolute Gasteiger partial charge is 0.0848 e. The fourth-order valence-corrected chi connectivity index (χ4v) is 4.20. The van der Waals surface area contributed by atoms with E-state index in [1.54, 1.807) is 0 Å². The van der Waals surface area contributed by atoms with Crippen molar-refractivity contribution in [3.63, 3.8) is 0 Å². The fourth-order valence-electron chi connectivity index (χ4n) is 3.25. The molecule has 2 aromatic carbocycles. The van der Waals surface area contributed by atoms with Crippen LogP contribution in [0, 0.1) is 0 Å². The molecule has 2 nitrogen and oxygen atoms in total. The number of fused-ring (bicyclic) bond motifs is 6. The fraction of sp³-hybridized carbons (Fsp3) is 0. The summed E-state index contributed by atoms with van der Waals surface area (Å²) in [6.45, 7) is 0.